The average Bonchev–Trinajstić information content (AvgIpc) is 2.68. The molecule has 8 heteroatoms. The Morgan fingerprint density at radius 1 is 1.17 bits per heavy atom. The van der Waals surface area contributed by atoms with Crippen LogP contribution in [0.25, 0.3) is 0 Å². The number of halogens is 1. The van der Waals surface area contributed by atoms with Crippen molar-refractivity contribution in [1.29, 1.82) is 0 Å². The highest BCUT2D eigenvalue weighted by Gasteiger charge is 2.21. The van der Waals surface area contributed by atoms with Crippen LogP contribution in [-0.2, 0) is 20.7 Å². The van der Waals surface area contributed by atoms with E-state index in [0.717, 1.165) is 5.69 Å². The quantitative estimate of drug-likeness (QED) is 0.725. The lowest BCUT2D eigenvalue weighted by atomic mass is 10.1. The van der Waals surface area contributed by atoms with Gasteiger partial charge in [0.1, 0.15) is 13.2 Å². The lowest BCUT2D eigenvalue weighted by Gasteiger charge is -2.20. The first-order chi connectivity index (χ1) is 13.8. The maximum absolute atomic E-state index is 12.3. The van der Waals surface area contributed by atoms with Crippen molar-refractivity contribution in [3.63, 3.8) is 0 Å². The summed E-state index contributed by atoms with van der Waals surface area (Å²) < 4.78 is 16.2. The number of fused-ring (bicyclic) bond motifs is 1. The zero-order valence-corrected chi connectivity index (χ0v) is 17.3. The molecule has 0 aromatic heterocycles. The minimum atomic E-state index is -0.941. The largest absolute Gasteiger partial charge is 0.486 e. The van der Waals surface area contributed by atoms with E-state index in [1.165, 1.54) is 6.92 Å². The minimum Gasteiger partial charge on any atom is -0.486 e. The van der Waals surface area contributed by atoms with Crippen LogP contribution < -0.4 is 19.7 Å². The lowest BCUT2D eigenvalue weighted by molar-refractivity contribution is -0.152. The van der Waals surface area contributed by atoms with Gasteiger partial charge in [-0.05, 0) is 48.9 Å². The Bertz CT molecular complexity index is 899. The second-order valence-corrected chi connectivity index (χ2v) is 7.25. The van der Waals surface area contributed by atoms with Gasteiger partial charge in [0.25, 0.3) is 5.91 Å². The number of rotatable bonds is 6. The Morgan fingerprint density at radius 2 is 1.86 bits per heavy atom. The molecule has 2 aromatic carbocycles. The summed E-state index contributed by atoms with van der Waals surface area (Å²) in [6.07, 6.45) is -0.977. The van der Waals surface area contributed by atoms with Gasteiger partial charge in [0, 0.05) is 25.5 Å². The molecule has 154 valence electrons. The number of amides is 1. The van der Waals surface area contributed by atoms with E-state index in [0.29, 0.717) is 41.0 Å². The zero-order valence-electron chi connectivity index (χ0n) is 16.5. The molecule has 0 saturated carbocycles. The summed E-state index contributed by atoms with van der Waals surface area (Å²) in [7, 11) is 3.87. The first-order valence-corrected chi connectivity index (χ1v) is 9.57. The molecule has 0 bridgehead atoms. The van der Waals surface area contributed by atoms with Crippen LogP contribution in [0.3, 0.4) is 0 Å². The van der Waals surface area contributed by atoms with Crippen LogP contribution in [0.1, 0.15) is 12.5 Å². The summed E-state index contributed by atoms with van der Waals surface area (Å²) >= 11 is 6.18. The fourth-order valence-electron chi connectivity index (χ4n) is 2.81. The summed E-state index contributed by atoms with van der Waals surface area (Å²) in [5, 5.41) is 3.11. The molecule has 1 amide bonds. The fraction of sp³-hybridized carbons (Fsp3) is 0.333. The standard InChI is InChI=1S/C21H23ClN2O5/c1-13(21(26)23-15-4-6-16(7-5-15)24(2)3)29-19(25)12-14-10-17(22)20-18(11-14)27-8-9-28-20/h4-7,10-11,13H,8-9,12H2,1-3H3,(H,23,26). The minimum absolute atomic E-state index is 0.0362. The van der Waals surface area contributed by atoms with Gasteiger partial charge in [-0.25, -0.2) is 0 Å². The van der Waals surface area contributed by atoms with E-state index in [4.69, 9.17) is 25.8 Å². The predicted octanol–water partition coefficient (Wildman–Crippen LogP) is 3.29. The van der Waals surface area contributed by atoms with E-state index in [9.17, 15) is 9.59 Å². The molecule has 1 N–H and O–H groups in total. The fourth-order valence-corrected chi connectivity index (χ4v) is 3.10. The van der Waals surface area contributed by atoms with Crippen molar-refractivity contribution >= 4 is 34.9 Å². The molecule has 3 rings (SSSR count). The van der Waals surface area contributed by atoms with Crippen LogP contribution >= 0.6 is 11.6 Å². The molecule has 1 aliphatic heterocycles. The van der Waals surface area contributed by atoms with Crippen molar-refractivity contribution in [2.75, 3.05) is 37.5 Å². The number of hydrogen-bond donors (Lipinski definition) is 1. The van der Waals surface area contributed by atoms with Crippen LogP contribution in [0.4, 0.5) is 11.4 Å². The highest BCUT2D eigenvalue weighted by Crippen LogP contribution is 2.38. The molecule has 1 aliphatic rings. The van der Waals surface area contributed by atoms with E-state index in [1.54, 1.807) is 24.3 Å². The topological polar surface area (TPSA) is 77.1 Å². The number of nitrogens with zero attached hydrogens (tertiary/aromatic N) is 1. The van der Waals surface area contributed by atoms with E-state index in [-0.39, 0.29) is 6.42 Å². The SMILES string of the molecule is CC(OC(=O)Cc1cc(Cl)c2c(c1)OCCO2)C(=O)Nc1ccc(N(C)C)cc1. The van der Waals surface area contributed by atoms with Crippen molar-refractivity contribution in [1.82, 2.24) is 0 Å². The number of anilines is 2. The number of esters is 1. The molecule has 0 saturated heterocycles. The van der Waals surface area contributed by atoms with Crippen LogP contribution in [0, 0.1) is 0 Å². The molecule has 1 heterocycles. The first-order valence-electron chi connectivity index (χ1n) is 9.19. The Hall–Kier alpha value is -2.93. The summed E-state index contributed by atoms with van der Waals surface area (Å²) in [6.45, 7) is 2.38. The van der Waals surface area contributed by atoms with Crippen LogP contribution in [0.15, 0.2) is 36.4 Å². The van der Waals surface area contributed by atoms with Crippen molar-refractivity contribution in [2.24, 2.45) is 0 Å². The predicted molar refractivity (Wildman–Crippen MR) is 111 cm³/mol. The number of hydrogen-bond acceptors (Lipinski definition) is 6. The van der Waals surface area contributed by atoms with E-state index < -0.39 is 18.0 Å². The third kappa shape index (κ3) is 5.32. The molecule has 1 unspecified atom stereocenters. The number of carbonyl (C=O) groups excluding carboxylic acids is 2. The van der Waals surface area contributed by atoms with Gasteiger partial charge in [0.05, 0.1) is 11.4 Å². The average molecular weight is 419 g/mol. The van der Waals surface area contributed by atoms with Crippen molar-refractivity contribution in [3.05, 3.63) is 47.0 Å². The van der Waals surface area contributed by atoms with Gasteiger partial charge in [0.15, 0.2) is 17.6 Å². The first kappa shape index (κ1) is 20.8. The second kappa shape index (κ2) is 9.05. The van der Waals surface area contributed by atoms with Gasteiger partial charge in [-0.3, -0.25) is 9.59 Å². The Labute approximate surface area is 174 Å². The van der Waals surface area contributed by atoms with Crippen molar-refractivity contribution in [2.45, 2.75) is 19.4 Å². The highest BCUT2D eigenvalue weighted by atomic mass is 35.5. The second-order valence-electron chi connectivity index (χ2n) is 6.84. The summed E-state index contributed by atoms with van der Waals surface area (Å²) in [4.78, 5) is 26.5. The number of carbonyl (C=O) groups is 2. The van der Waals surface area contributed by atoms with E-state index >= 15 is 0 Å². The molecule has 2 aromatic rings. The molecule has 0 aliphatic carbocycles. The van der Waals surface area contributed by atoms with Gasteiger partial charge < -0.3 is 24.4 Å². The molecule has 1 atom stereocenters. The zero-order chi connectivity index (χ0) is 21.0. The normalized spacial score (nSPS) is 13.4. The van der Waals surface area contributed by atoms with E-state index in [1.807, 2.05) is 31.1 Å². The molecule has 7 nitrogen and oxygen atoms in total. The van der Waals surface area contributed by atoms with Crippen LogP contribution in [0.5, 0.6) is 11.5 Å². The Morgan fingerprint density at radius 3 is 2.55 bits per heavy atom. The molecule has 0 spiro atoms. The monoisotopic (exact) mass is 418 g/mol. The van der Waals surface area contributed by atoms with Crippen LogP contribution in [0.2, 0.25) is 5.02 Å². The van der Waals surface area contributed by atoms with Gasteiger partial charge in [-0.15, -0.1) is 0 Å². The van der Waals surface area contributed by atoms with E-state index in [2.05, 4.69) is 5.32 Å². The number of nitrogens with one attached hydrogen (secondary N) is 1. The highest BCUT2D eigenvalue weighted by molar-refractivity contribution is 6.32. The van der Waals surface area contributed by atoms with Gasteiger partial charge in [-0.1, -0.05) is 11.6 Å². The Balaban J connectivity index is 1.56. The number of ether oxygens (including phenoxy) is 3. The summed E-state index contributed by atoms with van der Waals surface area (Å²) in [5.74, 6) is 0.0288. The Kier molecular flexibility index (Phi) is 6.49. The third-order valence-corrected chi connectivity index (χ3v) is 4.61. The van der Waals surface area contributed by atoms with Crippen molar-refractivity contribution < 1.29 is 23.8 Å². The summed E-state index contributed by atoms with van der Waals surface area (Å²) in [6, 6.07) is 10.7. The lowest BCUT2D eigenvalue weighted by Crippen LogP contribution is -2.30. The maximum atomic E-state index is 12.3. The number of benzene rings is 2. The van der Waals surface area contributed by atoms with Crippen molar-refractivity contribution in [3.8, 4) is 11.5 Å². The van der Waals surface area contributed by atoms with Crippen LogP contribution in [-0.4, -0.2) is 45.3 Å². The molecule has 0 fully saturated rings. The summed E-state index contributed by atoms with van der Waals surface area (Å²) in [5.41, 5.74) is 2.26. The molecular weight excluding hydrogens is 396 g/mol. The molecule has 29 heavy (non-hydrogen) atoms. The smallest absolute Gasteiger partial charge is 0.311 e. The third-order valence-electron chi connectivity index (χ3n) is 4.33. The molecular formula is C21H23ClN2O5. The maximum Gasteiger partial charge on any atom is 0.311 e. The van der Waals surface area contributed by atoms with Gasteiger partial charge in [-0.2, -0.15) is 0 Å². The molecule has 0 radical (unpaired) electrons. The van der Waals surface area contributed by atoms with Gasteiger partial charge >= 0.3 is 5.97 Å². The van der Waals surface area contributed by atoms with Gasteiger partial charge in [0.2, 0.25) is 0 Å².